The monoisotopic (exact) mass is 178 g/mol. The zero-order valence-electron chi connectivity index (χ0n) is 8.00. The van der Waals surface area contributed by atoms with Gasteiger partial charge in [0.2, 0.25) is 0 Å². The highest BCUT2D eigenvalue weighted by Gasteiger charge is 2.25. The number of hydrogen-bond donors (Lipinski definition) is 2. The van der Waals surface area contributed by atoms with Crippen molar-refractivity contribution in [1.82, 2.24) is 4.98 Å². The van der Waals surface area contributed by atoms with E-state index in [2.05, 4.69) is 17.2 Å². The average molecular weight is 178 g/mol. The highest BCUT2D eigenvalue weighted by atomic mass is 14.6. The summed E-state index contributed by atoms with van der Waals surface area (Å²) in [5.74, 6) is 1.43. The van der Waals surface area contributed by atoms with Crippen molar-refractivity contribution in [1.29, 1.82) is 0 Å². The maximum atomic E-state index is 5.83. The fourth-order valence-corrected chi connectivity index (χ4v) is 2.53. The van der Waals surface area contributed by atoms with Crippen molar-refractivity contribution in [3.63, 3.8) is 0 Å². The van der Waals surface area contributed by atoms with E-state index in [9.17, 15) is 0 Å². The van der Waals surface area contributed by atoms with Crippen molar-refractivity contribution in [2.45, 2.75) is 31.6 Å². The predicted octanol–water partition coefficient (Wildman–Crippen LogP) is 2.25. The first-order chi connectivity index (χ1) is 6.42. The maximum Gasteiger partial charge on any atom is 0.00407 e. The van der Waals surface area contributed by atoms with Crippen LogP contribution in [-0.4, -0.2) is 11.5 Å². The largest absolute Gasteiger partial charge is 0.367 e. The van der Waals surface area contributed by atoms with E-state index in [1.807, 2.05) is 6.20 Å². The Morgan fingerprint density at radius 3 is 2.77 bits per heavy atom. The standard InChI is InChI=1S/C11H18N2/c12-7-11(9-3-1-2-4-9)10-5-6-13-8-10/h5-6,8-9,11,13H,1-4,7,12H2. The number of nitrogens with two attached hydrogens (primary N) is 1. The summed E-state index contributed by atoms with van der Waals surface area (Å²) in [4.78, 5) is 3.11. The molecule has 2 rings (SSSR count). The Kier molecular flexibility index (Phi) is 2.69. The Labute approximate surface area is 79.5 Å². The molecule has 0 amide bonds. The molecule has 0 bridgehead atoms. The van der Waals surface area contributed by atoms with E-state index in [0.717, 1.165) is 12.5 Å². The number of hydrogen-bond acceptors (Lipinski definition) is 1. The smallest absolute Gasteiger partial charge is 0.00407 e. The van der Waals surface area contributed by atoms with Crippen molar-refractivity contribution < 1.29 is 0 Å². The summed E-state index contributed by atoms with van der Waals surface area (Å²) in [6, 6.07) is 2.16. The second-order valence-electron chi connectivity index (χ2n) is 4.03. The summed E-state index contributed by atoms with van der Waals surface area (Å²) in [7, 11) is 0. The molecular weight excluding hydrogens is 160 g/mol. The Morgan fingerprint density at radius 1 is 1.46 bits per heavy atom. The van der Waals surface area contributed by atoms with Crippen molar-refractivity contribution in [2.75, 3.05) is 6.54 Å². The van der Waals surface area contributed by atoms with E-state index in [0.29, 0.717) is 5.92 Å². The average Bonchev–Trinajstić information content (AvgIpc) is 2.76. The van der Waals surface area contributed by atoms with E-state index in [1.165, 1.54) is 31.2 Å². The topological polar surface area (TPSA) is 41.8 Å². The van der Waals surface area contributed by atoms with Gasteiger partial charge in [-0.3, -0.25) is 0 Å². The van der Waals surface area contributed by atoms with Crippen molar-refractivity contribution >= 4 is 0 Å². The van der Waals surface area contributed by atoms with Gasteiger partial charge in [0.25, 0.3) is 0 Å². The third kappa shape index (κ3) is 1.78. The minimum absolute atomic E-state index is 0.591. The summed E-state index contributed by atoms with van der Waals surface area (Å²) < 4.78 is 0. The van der Waals surface area contributed by atoms with E-state index >= 15 is 0 Å². The summed E-state index contributed by atoms with van der Waals surface area (Å²) in [5.41, 5.74) is 7.23. The Bertz CT molecular complexity index is 235. The van der Waals surface area contributed by atoms with Gasteiger partial charge in [-0.05, 0) is 36.9 Å². The molecule has 1 saturated carbocycles. The first kappa shape index (κ1) is 8.82. The van der Waals surface area contributed by atoms with Gasteiger partial charge in [0, 0.05) is 18.3 Å². The van der Waals surface area contributed by atoms with Crippen LogP contribution in [0.25, 0.3) is 0 Å². The lowest BCUT2D eigenvalue weighted by molar-refractivity contribution is 0.441. The van der Waals surface area contributed by atoms with Crippen LogP contribution in [-0.2, 0) is 0 Å². The van der Waals surface area contributed by atoms with Gasteiger partial charge >= 0.3 is 0 Å². The summed E-state index contributed by atoms with van der Waals surface area (Å²) >= 11 is 0. The maximum absolute atomic E-state index is 5.83. The molecule has 0 aliphatic heterocycles. The van der Waals surface area contributed by atoms with Crippen LogP contribution in [0.1, 0.15) is 37.2 Å². The molecule has 2 heteroatoms. The molecule has 0 spiro atoms. The lowest BCUT2D eigenvalue weighted by Crippen LogP contribution is -2.19. The molecule has 2 nitrogen and oxygen atoms in total. The van der Waals surface area contributed by atoms with Crippen LogP contribution in [0.4, 0.5) is 0 Å². The molecule has 1 unspecified atom stereocenters. The van der Waals surface area contributed by atoms with Crippen LogP contribution in [0, 0.1) is 5.92 Å². The van der Waals surface area contributed by atoms with E-state index in [1.54, 1.807) is 0 Å². The zero-order valence-corrected chi connectivity index (χ0v) is 8.00. The molecule has 1 aromatic heterocycles. The van der Waals surface area contributed by atoms with Gasteiger partial charge in [-0.15, -0.1) is 0 Å². The highest BCUT2D eigenvalue weighted by molar-refractivity contribution is 5.16. The van der Waals surface area contributed by atoms with Gasteiger partial charge in [-0.2, -0.15) is 0 Å². The second-order valence-corrected chi connectivity index (χ2v) is 4.03. The van der Waals surface area contributed by atoms with Crippen LogP contribution in [0.3, 0.4) is 0 Å². The van der Waals surface area contributed by atoms with Crippen LogP contribution in [0.5, 0.6) is 0 Å². The lowest BCUT2D eigenvalue weighted by atomic mass is 9.86. The first-order valence-electron chi connectivity index (χ1n) is 5.24. The van der Waals surface area contributed by atoms with Gasteiger partial charge in [0.15, 0.2) is 0 Å². The minimum Gasteiger partial charge on any atom is -0.367 e. The fraction of sp³-hybridized carbons (Fsp3) is 0.636. The van der Waals surface area contributed by atoms with Crippen LogP contribution in [0.15, 0.2) is 18.5 Å². The third-order valence-corrected chi connectivity index (χ3v) is 3.27. The first-order valence-corrected chi connectivity index (χ1v) is 5.24. The predicted molar refractivity (Wildman–Crippen MR) is 54.5 cm³/mol. The second kappa shape index (κ2) is 3.97. The molecule has 1 heterocycles. The van der Waals surface area contributed by atoms with Gasteiger partial charge in [0.05, 0.1) is 0 Å². The van der Waals surface area contributed by atoms with E-state index in [4.69, 9.17) is 5.73 Å². The van der Waals surface area contributed by atoms with Crippen molar-refractivity contribution in [3.8, 4) is 0 Å². The van der Waals surface area contributed by atoms with Crippen molar-refractivity contribution in [3.05, 3.63) is 24.0 Å². The van der Waals surface area contributed by atoms with Crippen LogP contribution in [0.2, 0.25) is 0 Å². The zero-order chi connectivity index (χ0) is 9.10. The molecule has 1 aromatic rings. The molecule has 0 saturated heterocycles. The number of aromatic nitrogens is 1. The number of rotatable bonds is 3. The molecule has 3 N–H and O–H groups in total. The molecule has 1 aliphatic rings. The van der Waals surface area contributed by atoms with E-state index < -0.39 is 0 Å². The number of H-pyrrole nitrogens is 1. The molecule has 0 radical (unpaired) electrons. The quantitative estimate of drug-likeness (QED) is 0.732. The number of aromatic amines is 1. The molecule has 1 atom stereocenters. The Morgan fingerprint density at radius 2 is 2.23 bits per heavy atom. The molecule has 13 heavy (non-hydrogen) atoms. The van der Waals surface area contributed by atoms with Crippen LogP contribution < -0.4 is 5.73 Å². The Hall–Kier alpha value is -0.760. The van der Waals surface area contributed by atoms with Gasteiger partial charge in [-0.1, -0.05) is 12.8 Å². The van der Waals surface area contributed by atoms with Gasteiger partial charge < -0.3 is 10.7 Å². The third-order valence-electron chi connectivity index (χ3n) is 3.27. The Balaban J connectivity index is 2.08. The molecule has 72 valence electrons. The molecule has 1 fully saturated rings. The van der Waals surface area contributed by atoms with Gasteiger partial charge in [-0.25, -0.2) is 0 Å². The molecular formula is C11H18N2. The normalized spacial score (nSPS) is 20.7. The summed E-state index contributed by atoms with van der Waals surface area (Å²) in [5, 5.41) is 0. The SMILES string of the molecule is NCC(c1cc[nH]c1)C1CCCC1. The molecule has 1 aliphatic carbocycles. The van der Waals surface area contributed by atoms with E-state index in [-0.39, 0.29) is 0 Å². The minimum atomic E-state index is 0.591. The van der Waals surface area contributed by atoms with Gasteiger partial charge in [0.1, 0.15) is 0 Å². The molecule has 0 aromatic carbocycles. The number of nitrogens with one attached hydrogen (secondary N) is 1. The highest BCUT2D eigenvalue weighted by Crippen LogP contribution is 2.36. The summed E-state index contributed by atoms with van der Waals surface area (Å²) in [6.45, 7) is 0.794. The van der Waals surface area contributed by atoms with Crippen LogP contribution >= 0.6 is 0 Å². The fourth-order valence-electron chi connectivity index (χ4n) is 2.53. The summed E-state index contributed by atoms with van der Waals surface area (Å²) in [6.07, 6.45) is 9.61. The van der Waals surface area contributed by atoms with Crippen molar-refractivity contribution in [2.24, 2.45) is 11.7 Å². The lowest BCUT2D eigenvalue weighted by Gasteiger charge is -2.20.